The van der Waals surface area contributed by atoms with Crippen LogP contribution >= 0.6 is 11.6 Å². The van der Waals surface area contributed by atoms with Crippen molar-refractivity contribution in [2.45, 2.75) is 130 Å². The van der Waals surface area contributed by atoms with Gasteiger partial charge >= 0.3 is 0 Å². The van der Waals surface area contributed by atoms with Crippen LogP contribution in [0.1, 0.15) is 140 Å². The van der Waals surface area contributed by atoms with Crippen molar-refractivity contribution in [1.29, 1.82) is 0 Å². The molecular formula is C58H77ClN12O2. The molecule has 2 aliphatic carbocycles. The van der Waals surface area contributed by atoms with Crippen LogP contribution in [0.3, 0.4) is 0 Å². The third kappa shape index (κ3) is 14.1. The van der Waals surface area contributed by atoms with E-state index in [-0.39, 0.29) is 16.1 Å². The van der Waals surface area contributed by atoms with Crippen molar-refractivity contribution >= 4 is 40.7 Å². The fraction of sp³-hybridized carbons (Fsp3) is 0.517. The monoisotopic (exact) mass is 1010 g/mol. The number of hydrogen-bond donors (Lipinski definition) is 2. The predicted molar refractivity (Wildman–Crippen MR) is 292 cm³/mol. The zero-order valence-electron chi connectivity index (χ0n) is 44.4. The van der Waals surface area contributed by atoms with Gasteiger partial charge in [-0.05, 0) is 144 Å². The molecule has 0 saturated carbocycles. The first-order valence-corrected chi connectivity index (χ1v) is 26.9. The van der Waals surface area contributed by atoms with E-state index in [0.717, 1.165) is 99.3 Å². The molecule has 2 saturated heterocycles. The van der Waals surface area contributed by atoms with Gasteiger partial charge in [-0.15, -0.1) is 0 Å². The number of amides is 2. The number of likely N-dealkylation sites (tertiary alicyclic amines) is 2. The number of fused-ring (bicyclic) bond motifs is 2. The van der Waals surface area contributed by atoms with Crippen LogP contribution in [0.4, 0.5) is 17.3 Å². The minimum Gasteiger partial charge on any atom is -0.396 e. The van der Waals surface area contributed by atoms with Crippen LogP contribution in [0, 0.1) is 22.7 Å². The Labute approximate surface area is 438 Å². The number of halogens is 1. The second-order valence-electron chi connectivity index (χ2n) is 23.0. The van der Waals surface area contributed by atoms with Crippen molar-refractivity contribution in [3.8, 4) is 22.5 Å². The van der Waals surface area contributed by atoms with E-state index in [1.54, 1.807) is 40.3 Å². The van der Waals surface area contributed by atoms with Crippen molar-refractivity contribution < 1.29 is 9.59 Å². The Kier molecular flexibility index (Phi) is 17.0. The van der Waals surface area contributed by atoms with Crippen molar-refractivity contribution in [2.24, 2.45) is 36.8 Å². The third-order valence-corrected chi connectivity index (χ3v) is 15.8. The largest absolute Gasteiger partial charge is 0.396 e. The van der Waals surface area contributed by atoms with Crippen LogP contribution in [0.25, 0.3) is 22.5 Å². The summed E-state index contributed by atoms with van der Waals surface area (Å²) in [7, 11) is 3.71. The zero-order valence-corrected chi connectivity index (χ0v) is 45.2. The predicted octanol–water partition coefficient (Wildman–Crippen LogP) is 11.6. The van der Waals surface area contributed by atoms with Gasteiger partial charge in [-0.3, -0.25) is 19.0 Å². The molecule has 6 heterocycles. The molecule has 3 N–H and O–H groups in total. The third-order valence-electron chi connectivity index (χ3n) is 15.6. The molecule has 4 atom stereocenters. The van der Waals surface area contributed by atoms with Crippen LogP contribution in [-0.4, -0.2) is 87.3 Å². The van der Waals surface area contributed by atoms with Crippen molar-refractivity contribution in [3.63, 3.8) is 0 Å². The maximum atomic E-state index is 13.3. The fourth-order valence-electron chi connectivity index (χ4n) is 11.1. The van der Waals surface area contributed by atoms with Crippen LogP contribution in [0.5, 0.6) is 0 Å². The standard InChI is InChI=1S/C29H38N6O.C25H32ClN3O.C4H7N3/c1-29(2,3)23-12-14-35(18-23)27(36)16-21-8-6-5-7-20-15-22(9-10-25(20)21)26-11-13-30-28(33-26)32-24-17-31-34(4)19-24;1-25(2,3)20-11-13-29(16-20)23(30)15-18-7-5-4-6-17-14-19(8-9-21(17)18)22-10-12-27-24(26)28-22;1-7-3-4(5)2-6-7/h9-11,13,15,17,19,21,23H,5-8,12,14,16,18H2,1-4H3,(H,30,32,33);8-10,12,14,18,20H,4-7,11,13,15-16H2,1-3H3;2-3H,5H2,1H3. The van der Waals surface area contributed by atoms with E-state index in [1.807, 2.05) is 32.4 Å². The second kappa shape index (κ2) is 23.4. The molecule has 4 unspecified atom stereocenters. The number of carbonyl (C=O) groups is 2. The normalized spacial score (nSPS) is 19.8. The molecule has 2 fully saturated rings. The quantitative estimate of drug-likeness (QED) is 0.111. The summed E-state index contributed by atoms with van der Waals surface area (Å²) < 4.78 is 3.40. The van der Waals surface area contributed by atoms with E-state index < -0.39 is 0 Å². The van der Waals surface area contributed by atoms with Crippen LogP contribution < -0.4 is 11.1 Å². The van der Waals surface area contributed by atoms with Gasteiger partial charge in [0.2, 0.25) is 23.0 Å². The number of nitrogens with zero attached hydrogens (tertiary/aromatic N) is 10. The first-order chi connectivity index (χ1) is 34.9. The van der Waals surface area contributed by atoms with Crippen LogP contribution in [0.15, 0.2) is 85.7 Å². The molecule has 4 aliphatic rings. The Bertz CT molecular complexity index is 2810. The molecule has 0 bridgehead atoms. The van der Waals surface area contributed by atoms with E-state index in [4.69, 9.17) is 22.3 Å². The van der Waals surface area contributed by atoms with Crippen molar-refractivity contribution in [1.82, 2.24) is 49.3 Å². The van der Waals surface area contributed by atoms with E-state index in [0.29, 0.717) is 60.0 Å². The lowest BCUT2D eigenvalue weighted by atomic mass is 9.80. The van der Waals surface area contributed by atoms with E-state index in [2.05, 4.69) is 118 Å². The number of aromatic nitrogens is 8. The second-order valence-corrected chi connectivity index (χ2v) is 23.3. The smallest absolute Gasteiger partial charge is 0.227 e. The van der Waals surface area contributed by atoms with Gasteiger partial charge in [-0.2, -0.15) is 10.2 Å². The summed E-state index contributed by atoms with van der Waals surface area (Å²) in [5.41, 5.74) is 16.7. The molecule has 73 heavy (non-hydrogen) atoms. The summed E-state index contributed by atoms with van der Waals surface area (Å²) in [5.74, 6) is 3.01. The van der Waals surface area contributed by atoms with E-state index in [1.165, 1.54) is 41.5 Å². The minimum absolute atomic E-state index is 0.259. The lowest BCUT2D eigenvalue weighted by Gasteiger charge is -2.27. The molecule has 14 nitrogen and oxygen atoms in total. The van der Waals surface area contributed by atoms with Gasteiger partial charge < -0.3 is 20.9 Å². The lowest BCUT2D eigenvalue weighted by molar-refractivity contribution is -0.131. The highest BCUT2D eigenvalue weighted by Gasteiger charge is 2.36. The summed E-state index contributed by atoms with van der Waals surface area (Å²) in [6.45, 7) is 17.4. The topological polar surface area (TPSA) is 166 Å². The number of nitrogen functional groups attached to an aromatic ring is 1. The average Bonchev–Trinajstić information content (AvgIpc) is 4.17. The van der Waals surface area contributed by atoms with Crippen molar-refractivity contribution in [2.75, 3.05) is 37.2 Å². The molecule has 2 aliphatic heterocycles. The lowest BCUT2D eigenvalue weighted by Crippen LogP contribution is -2.32. The molecule has 6 aromatic rings. The molecule has 388 valence electrons. The zero-order chi connectivity index (χ0) is 51.9. The number of nitrogens with two attached hydrogens (primary N) is 1. The van der Waals surface area contributed by atoms with Gasteiger partial charge in [-0.1, -0.05) is 78.6 Å². The number of rotatable bonds is 8. The SMILES string of the molecule is CC(C)(C)C1CCN(C(=O)CC2CCCCc3cc(-c4ccnc(Cl)n4)ccc32)C1.Cn1cc(N)cn1.Cn1cc(Nc2nccc(-c3ccc4c(c3)CCCCC4CC(=O)N3CCC(C(C)(C)C)C3)n2)cn1. The fourth-order valence-corrected chi connectivity index (χ4v) is 11.3. The molecule has 4 aromatic heterocycles. The first-order valence-electron chi connectivity index (χ1n) is 26.5. The number of benzene rings is 2. The summed E-state index contributed by atoms with van der Waals surface area (Å²) in [6, 6.07) is 17.1. The van der Waals surface area contributed by atoms with Crippen molar-refractivity contribution in [3.05, 3.63) is 113 Å². The molecule has 10 rings (SSSR count). The summed E-state index contributed by atoms with van der Waals surface area (Å²) in [6.07, 6.45) is 22.9. The molecular weight excluding hydrogens is 932 g/mol. The summed E-state index contributed by atoms with van der Waals surface area (Å²) in [4.78, 5) is 48.1. The number of carbonyl (C=O) groups excluding carboxylic acids is 2. The number of anilines is 3. The molecule has 2 amide bonds. The first kappa shape index (κ1) is 53.2. The van der Waals surface area contributed by atoms with Gasteiger partial charge in [0.1, 0.15) is 0 Å². The molecule has 0 radical (unpaired) electrons. The van der Waals surface area contributed by atoms with Crippen LogP contribution in [-0.2, 0) is 36.5 Å². The number of aryl methyl sites for hydroxylation is 4. The molecule has 0 spiro atoms. The Balaban J connectivity index is 0.000000174. The van der Waals surface area contributed by atoms with E-state index in [9.17, 15) is 9.59 Å². The van der Waals surface area contributed by atoms with Gasteiger partial charge in [-0.25, -0.2) is 19.9 Å². The maximum Gasteiger partial charge on any atom is 0.227 e. The highest BCUT2D eigenvalue weighted by Crippen LogP contribution is 2.40. The molecule has 2 aromatic carbocycles. The van der Waals surface area contributed by atoms with Gasteiger partial charge in [0.25, 0.3) is 0 Å². The Hall–Kier alpha value is -6.15. The Morgan fingerprint density at radius 1 is 0.658 bits per heavy atom. The average molecular weight is 1010 g/mol. The van der Waals surface area contributed by atoms with E-state index >= 15 is 0 Å². The Morgan fingerprint density at radius 3 is 1.60 bits per heavy atom. The van der Waals surface area contributed by atoms with Gasteiger partial charge in [0.05, 0.1) is 35.2 Å². The number of nitrogens with one attached hydrogen (secondary N) is 1. The number of hydrogen-bond acceptors (Lipinski definition) is 10. The Morgan fingerprint density at radius 2 is 1.16 bits per heavy atom. The summed E-state index contributed by atoms with van der Waals surface area (Å²) >= 11 is 5.98. The molecule has 15 heteroatoms. The van der Waals surface area contributed by atoms with Gasteiger partial charge in [0, 0.05) is 89.0 Å². The minimum atomic E-state index is 0.259. The maximum absolute atomic E-state index is 13.3. The van der Waals surface area contributed by atoms with Crippen LogP contribution in [0.2, 0.25) is 5.28 Å². The van der Waals surface area contributed by atoms with Gasteiger partial charge in [0.15, 0.2) is 0 Å². The highest BCUT2D eigenvalue weighted by molar-refractivity contribution is 6.28. The highest BCUT2D eigenvalue weighted by atomic mass is 35.5. The summed E-state index contributed by atoms with van der Waals surface area (Å²) in [5, 5.41) is 11.5.